The summed E-state index contributed by atoms with van der Waals surface area (Å²) in [5.41, 5.74) is 4.55. The molecule has 0 amide bonds. The fourth-order valence-corrected chi connectivity index (χ4v) is 2.38. The smallest absolute Gasteiger partial charge is 0.0969 e. The van der Waals surface area contributed by atoms with Gasteiger partial charge < -0.3 is 5.32 Å². The van der Waals surface area contributed by atoms with Crippen molar-refractivity contribution in [2.24, 2.45) is 0 Å². The minimum atomic E-state index is 0.723. The Kier molecular flexibility index (Phi) is 4.07. The highest BCUT2D eigenvalue weighted by Gasteiger charge is 2.07. The SMILES string of the molecule is CNCc1cn(-c2ccccc2Cc2ccccc2)nn1. The van der Waals surface area contributed by atoms with E-state index in [2.05, 4.69) is 58.1 Å². The molecule has 1 N–H and O–H groups in total. The van der Waals surface area contributed by atoms with Crippen molar-refractivity contribution in [1.29, 1.82) is 0 Å². The average Bonchev–Trinajstić information content (AvgIpc) is 2.98. The molecule has 21 heavy (non-hydrogen) atoms. The van der Waals surface area contributed by atoms with E-state index in [9.17, 15) is 0 Å². The molecule has 1 aromatic heterocycles. The van der Waals surface area contributed by atoms with Crippen LogP contribution in [0.5, 0.6) is 0 Å². The van der Waals surface area contributed by atoms with Crippen molar-refractivity contribution >= 4 is 0 Å². The van der Waals surface area contributed by atoms with E-state index >= 15 is 0 Å². The van der Waals surface area contributed by atoms with Crippen LogP contribution in [0.1, 0.15) is 16.8 Å². The van der Waals surface area contributed by atoms with Gasteiger partial charge in [-0.15, -0.1) is 5.10 Å². The van der Waals surface area contributed by atoms with Crippen LogP contribution in [0.2, 0.25) is 0 Å². The van der Waals surface area contributed by atoms with E-state index in [1.807, 2.05) is 30.1 Å². The highest BCUT2D eigenvalue weighted by atomic mass is 15.4. The summed E-state index contributed by atoms with van der Waals surface area (Å²) in [7, 11) is 1.91. The fraction of sp³-hybridized carbons (Fsp3) is 0.176. The zero-order chi connectivity index (χ0) is 14.5. The monoisotopic (exact) mass is 278 g/mol. The van der Waals surface area contributed by atoms with Gasteiger partial charge in [0.05, 0.1) is 17.6 Å². The Morgan fingerprint density at radius 2 is 1.76 bits per heavy atom. The minimum Gasteiger partial charge on any atom is -0.314 e. The first-order valence-electron chi connectivity index (χ1n) is 7.05. The Hall–Kier alpha value is -2.46. The molecule has 0 saturated carbocycles. The van der Waals surface area contributed by atoms with E-state index in [1.165, 1.54) is 11.1 Å². The second-order valence-corrected chi connectivity index (χ2v) is 4.98. The second-order valence-electron chi connectivity index (χ2n) is 4.98. The average molecular weight is 278 g/mol. The zero-order valence-corrected chi connectivity index (χ0v) is 12.0. The summed E-state index contributed by atoms with van der Waals surface area (Å²) in [6, 6.07) is 18.8. The molecule has 0 aliphatic rings. The third-order valence-electron chi connectivity index (χ3n) is 3.37. The fourth-order valence-electron chi connectivity index (χ4n) is 2.38. The summed E-state index contributed by atoms with van der Waals surface area (Å²) in [6.07, 6.45) is 2.86. The normalized spacial score (nSPS) is 10.7. The number of benzene rings is 2. The molecule has 0 saturated heterocycles. The number of rotatable bonds is 5. The first kappa shape index (κ1) is 13.5. The van der Waals surface area contributed by atoms with Crippen molar-refractivity contribution in [2.45, 2.75) is 13.0 Å². The minimum absolute atomic E-state index is 0.723. The van der Waals surface area contributed by atoms with Gasteiger partial charge in [-0.3, -0.25) is 0 Å². The van der Waals surface area contributed by atoms with Gasteiger partial charge in [0.1, 0.15) is 0 Å². The number of hydrogen-bond donors (Lipinski definition) is 1. The summed E-state index contributed by atoms with van der Waals surface area (Å²) in [6.45, 7) is 0.723. The number of aromatic nitrogens is 3. The van der Waals surface area contributed by atoms with Gasteiger partial charge in [0.25, 0.3) is 0 Å². The topological polar surface area (TPSA) is 42.7 Å². The number of para-hydroxylation sites is 1. The predicted molar refractivity (Wildman–Crippen MR) is 83.4 cm³/mol. The van der Waals surface area contributed by atoms with Crippen LogP contribution < -0.4 is 5.32 Å². The number of hydrogen-bond acceptors (Lipinski definition) is 3. The van der Waals surface area contributed by atoms with Crippen LogP contribution in [0.4, 0.5) is 0 Å². The lowest BCUT2D eigenvalue weighted by Crippen LogP contribution is -2.05. The maximum Gasteiger partial charge on any atom is 0.0969 e. The van der Waals surface area contributed by atoms with Gasteiger partial charge in [-0.1, -0.05) is 53.7 Å². The highest BCUT2D eigenvalue weighted by molar-refractivity contribution is 5.43. The van der Waals surface area contributed by atoms with Crippen molar-refractivity contribution in [3.8, 4) is 5.69 Å². The van der Waals surface area contributed by atoms with Crippen LogP contribution in [-0.4, -0.2) is 22.0 Å². The molecule has 3 rings (SSSR count). The molecule has 0 radical (unpaired) electrons. The molecule has 4 heteroatoms. The zero-order valence-electron chi connectivity index (χ0n) is 12.0. The molecule has 0 aliphatic carbocycles. The Balaban J connectivity index is 1.91. The first-order chi connectivity index (χ1) is 10.4. The van der Waals surface area contributed by atoms with Gasteiger partial charge in [-0.05, 0) is 30.7 Å². The van der Waals surface area contributed by atoms with Gasteiger partial charge in [-0.2, -0.15) is 0 Å². The Morgan fingerprint density at radius 3 is 2.57 bits per heavy atom. The molecule has 1 heterocycles. The third-order valence-corrected chi connectivity index (χ3v) is 3.37. The summed E-state index contributed by atoms with van der Waals surface area (Å²) >= 11 is 0. The molecule has 4 nitrogen and oxygen atoms in total. The Bertz CT molecular complexity index is 704. The molecule has 3 aromatic rings. The van der Waals surface area contributed by atoms with Crippen LogP contribution in [0.15, 0.2) is 60.8 Å². The second kappa shape index (κ2) is 6.33. The first-order valence-corrected chi connectivity index (χ1v) is 7.05. The standard InChI is InChI=1S/C17H18N4/c1-18-12-16-13-21(20-19-16)17-10-6-5-9-15(17)11-14-7-3-2-4-8-14/h2-10,13,18H,11-12H2,1H3. The van der Waals surface area contributed by atoms with E-state index in [1.54, 1.807) is 0 Å². The lowest BCUT2D eigenvalue weighted by atomic mass is 10.0. The largest absolute Gasteiger partial charge is 0.314 e. The van der Waals surface area contributed by atoms with Crippen molar-refractivity contribution in [3.05, 3.63) is 77.6 Å². The molecule has 106 valence electrons. The maximum atomic E-state index is 4.23. The maximum absolute atomic E-state index is 4.23. The molecule has 0 aliphatic heterocycles. The van der Waals surface area contributed by atoms with Gasteiger partial charge in [0, 0.05) is 6.54 Å². The summed E-state index contributed by atoms with van der Waals surface area (Å²) in [5, 5.41) is 11.5. The Morgan fingerprint density at radius 1 is 1.00 bits per heavy atom. The van der Waals surface area contributed by atoms with Crippen molar-refractivity contribution in [2.75, 3.05) is 7.05 Å². The van der Waals surface area contributed by atoms with Crippen LogP contribution in [0, 0.1) is 0 Å². The molecule has 0 atom stereocenters. The molecule has 2 aromatic carbocycles. The molecular formula is C17H18N4. The number of nitrogens with zero attached hydrogens (tertiary/aromatic N) is 3. The van der Waals surface area contributed by atoms with E-state index in [0.29, 0.717) is 0 Å². The van der Waals surface area contributed by atoms with Gasteiger partial charge in [0.2, 0.25) is 0 Å². The van der Waals surface area contributed by atoms with Crippen molar-refractivity contribution < 1.29 is 0 Å². The van der Waals surface area contributed by atoms with E-state index in [4.69, 9.17) is 0 Å². The van der Waals surface area contributed by atoms with Gasteiger partial charge >= 0.3 is 0 Å². The lowest BCUT2D eigenvalue weighted by molar-refractivity contribution is 0.764. The van der Waals surface area contributed by atoms with Crippen LogP contribution >= 0.6 is 0 Å². The predicted octanol–water partition coefficient (Wildman–Crippen LogP) is 2.58. The van der Waals surface area contributed by atoms with E-state index in [-0.39, 0.29) is 0 Å². The summed E-state index contributed by atoms with van der Waals surface area (Å²) in [4.78, 5) is 0. The third kappa shape index (κ3) is 3.17. The summed E-state index contributed by atoms with van der Waals surface area (Å²) < 4.78 is 1.85. The molecule has 0 spiro atoms. The van der Waals surface area contributed by atoms with Crippen LogP contribution in [0.25, 0.3) is 5.69 Å². The van der Waals surface area contributed by atoms with Crippen molar-refractivity contribution in [3.63, 3.8) is 0 Å². The van der Waals surface area contributed by atoms with E-state index < -0.39 is 0 Å². The Labute approximate surface area is 124 Å². The van der Waals surface area contributed by atoms with Gasteiger partial charge in [-0.25, -0.2) is 4.68 Å². The number of nitrogens with one attached hydrogen (secondary N) is 1. The molecular weight excluding hydrogens is 260 g/mol. The van der Waals surface area contributed by atoms with Crippen molar-refractivity contribution in [1.82, 2.24) is 20.3 Å². The van der Waals surface area contributed by atoms with Crippen LogP contribution in [-0.2, 0) is 13.0 Å². The molecule has 0 fully saturated rings. The summed E-state index contributed by atoms with van der Waals surface area (Å²) in [5.74, 6) is 0. The van der Waals surface area contributed by atoms with Gasteiger partial charge in [0.15, 0.2) is 0 Å². The molecule has 0 unspecified atom stereocenters. The highest BCUT2D eigenvalue weighted by Crippen LogP contribution is 2.17. The van der Waals surface area contributed by atoms with E-state index in [0.717, 1.165) is 24.3 Å². The quantitative estimate of drug-likeness (QED) is 0.780. The lowest BCUT2D eigenvalue weighted by Gasteiger charge is -2.08. The molecule has 0 bridgehead atoms. The van der Waals surface area contributed by atoms with Crippen LogP contribution in [0.3, 0.4) is 0 Å².